The fourth-order valence-corrected chi connectivity index (χ4v) is 2.71. The molecule has 2 aromatic carbocycles. The van der Waals surface area contributed by atoms with Crippen molar-refractivity contribution in [3.05, 3.63) is 75.4 Å². The van der Waals surface area contributed by atoms with Gasteiger partial charge in [-0.2, -0.15) is 14.5 Å². The molecule has 0 spiro atoms. The fraction of sp³-hybridized carbons (Fsp3) is 0.0526. The van der Waals surface area contributed by atoms with Gasteiger partial charge in [0, 0.05) is 4.47 Å². The van der Waals surface area contributed by atoms with Crippen molar-refractivity contribution in [3.8, 4) is 17.4 Å². The molecule has 148 valence electrons. The van der Waals surface area contributed by atoms with Crippen LogP contribution < -0.4 is 14.9 Å². The van der Waals surface area contributed by atoms with E-state index in [1.165, 1.54) is 13.3 Å². The molecule has 10 heteroatoms. The average Bonchev–Trinajstić information content (AvgIpc) is 2.72. The fourth-order valence-electron chi connectivity index (χ4n) is 2.22. The molecule has 0 aliphatic heterocycles. The lowest BCUT2D eigenvalue weighted by molar-refractivity contribution is 0.0952. The van der Waals surface area contributed by atoms with Crippen LogP contribution in [-0.4, -0.2) is 29.2 Å². The van der Waals surface area contributed by atoms with Crippen LogP contribution in [0.2, 0.25) is 5.28 Å². The summed E-state index contributed by atoms with van der Waals surface area (Å²) >= 11 is 8.94. The van der Waals surface area contributed by atoms with Crippen LogP contribution in [0.25, 0.3) is 0 Å². The molecule has 0 radical (unpaired) electrons. The van der Waals surface area contributed by atoms with Crippen LogP contribution in [-0.2, 0) is 0 Å². The molecule has 1 aromatic heterocycles. The maximum Gasteiger partial charge on any atom is 0.275 e. The zero-order valence-electron chi connectivity index (χ0n) is 14.9. The smallest absolute Gasteiger partial charge is 0.275 e. The van der Waals surface area contributed by atoms with E-state index in [4.69, 9.17) is 21.1 Å². The van der Waals surface area contributed by atoms with Crippen molar-refractivity contribution < 1.29 is 18.7 Å². The van der Waals surface area contributed by atoms with Gasteiger partial charge in [-0.3, -0.25) is 4.79 Å². The third-order valence-corrected chi connectivity index (χ3v) is 4.24. The SMILES string of the molecule is COc1ccc(Br)cc1C(=O)NN=Cc1ccc(Oc2nc(Cl)ncc2F)cc1. The first kappa shape index (κ1) is 20.7. The van der Waals surface area contributed by atoms with Crippen molar-refractivity contribution in [1.82, 2.24) is 15.4 Å². The highest BCUT2D eigenvalue weighted by Crippen LogP contribution is 2.24. The van der Waals surface area contributed by atoms with Crippen molar-refractivity contribution in [2.45, 2.75) is 0 Å². The zero-order chi connectivity index (χ0) is 20.8. The predicted octanol–water partition coefficient (Wildman–Crippen LogP) is 4.60. The Morgan fingerprint density at radius 2 is 2.03 bits per heavy atom. The van der Waals surface area contributed by atoms with Crippen LogP contribution in [0, 0.1) is 5.82 Å². The van der Waals surface area contributed by atoms with Gasteiger partial charge in [0.15, 0.2) is 0 Å². The van der Waals surface area contributed by atoms with E-state index in [0.29, 0.717) is 22.6 Å². The summed E-state index contributed by atoms with van der Waals surface area (Å²) in [5.74, 6) is -0.652. The van der Waals surface area contributed by atoms with E-state index in [2.05, 4.69) is 36.4 Å². The summed E-state index contributed by atoms with van der Waals surface area (Å²) in [6.07, 6.45) is 2.38. The summed E-state index contributed by atoms with van der Waals surface area (Å²) in [4.78, 5) is 19.5. The number of hydrogen-bond donors (Lipinski definition) is 1. The molecular formula is C19H13BrClFN4O3. The van der Waals surface area contributed by atoms with Gasteiger partial charge in [0.25, 0.3) is 11.8 Å². The van der Waals surface area contributed by atoms with Gasteiger partial charge in [-0.05, 0) is 59.6 Å². The Bertz CT molecular complexity index is 1060. The number of halogens is 3. The molecular weight excluding hydrogens is 467 g/mol. The van der Waals surface area contributed by atoms with Crippen LogP contribution in [0.15, 0.2) is 58.2 Å². The molecule has 1 amide bonds. The van der Waals surface area contributed by atoms with Crippen molar-refractivity contribution in [1.29, 1.82) is 0 Å². The molecule has 7 nitrogen and oxygen atoms in total. The lowest BCUT2D eigenvalue weighted by Crippen LogP contribution is -2.18. The summed E-state index contributed by atoms with van der Waals surface area (Å²) in [6.45, 7) is 0. The molecule has 0 saturated carbocycles. The zero-order valence-corrected chi connectivity index (χ0v) is 17.2. The second-order valence-corrected chi connectivity index (χ2v) is 6.76. The molecule has 0 aliphatic rings. The molecule has 3 aromatic rings. The first-order valence-electron chi connectivity index (χ1n) is 8.09. The Hall–Kier alpha value is -3.04. The Labute approximate surface area is 178 Å². The summed E-state index contributed by atoms with van der Waals surface area (Å²) < 4.78 is 24.9. The Balaban J connectivity index is 1.64. The summed E-state index contributed by atoms with van der Waals surface area (Å²) in [5.41, 5.74) is 3.46. The molecule has 3 rings (SSSR count). The van der Waals surface area contributed by atoms with E-state index >= 15 is 0 Å². The van der Waals surface area contributed by atoms with E-state index in [-0.39, 0.29) is 11.2 Å². The molecule has 0 saturated heterocycles. The van der Waals surface area contributed by atoms with E-state index in [0.717, 1.165) is 10.7 Å². The van der Waals surface area contributed by atoms with Gasteiger partial charge in [0.1, 0.15) is 11.5 Å². The predicted molar refractivity (Wildman–Crippen MR) is 109 cm³/mol. The lowest BCUT2D eigenvalue weighted by Gasteiger charge is -2.07. The maximum absolute atomic E-state index is 13.6. The normalized spacial score (nSPS) is 10.8. The second kappa shape index (κ2) is 9.44. The highest BCUT2D eigenvalue weighted by atomic mass is 79.9. The minimum Gasteiger partial charge on any atom is -0.496 e. The van der Waals surface area contributed by atoms with Crippen LogP contribution in [0.5, 0.6) is 17.4 Å². The van der Waals surface area contributed by atoms with Gasteiger partial charge in [0.2, 0.25) is 11.1 Å². The molecule has 0 bridgehead atoms. The second-order valence-electron chi connectivity index (χ2n) is 5.51. The number of carbonyl (C=O) groups excluding carboxylic acids is 1. The number of hydrogen-bond acceptors (Lipinski definition) is 6. The van der Waals surface area contributed by atoms with E-state index in [1.54, 1.807) is 42.5 Å². The van der Waals surface area contributed by atoms with Gasteiger partial charge in [0.05, 0.1) is 25.1 Å². The van der Waals surface area contributed by atoms with Gasteiger partial charge in [-0.1, -0.05) is 15.9 Å². The number of benzene rings is 2. The maximum atomic E-state index is 13.6. The highest BCUT2D eigenvalue weighted by Gasteiger charge is 2.12. The standard InChI is InChI=1S/C19H13BrClFN4O3/c1-28-16-7-4-12(20)8-14(16)17(27)26-24-9-11-2-5-13(6-3-11)29-18-15(22)10-23-19(21)25-18/h2-10H,1H3,(H,26,27). The Morgan fingerprint density at radius 1 is 1.28 bits per heavy atom. The van der Waals surface area contributed by atoms with Crippen molar-refractivity contribution >= 4 is 39.7 Å². The number of rotatable bonds is 6. The number of amides is 1. The van der Waals surface area contributed by atoms with E-state index in [9.17, 15) is 9.18 Å². The van der Waals surface area contributed by atoms with Gasteiger partial charge in [-0.15, -0.1) is 0 Å². The number of methoxy groups -OCH3 is 1. The quantitative estimate of drug-likeness (QED) is 0.317. The first-order chi connectivity index (χ1) is 14.0. The van der Waals surface area contributed by atoms with Gasteiger partial charge >= 0.3 is 0 Å². The number of ether oxygens (including phenoxy) is 2. The van der Waals surface area contributed by atoms with Crippen LogP contribution in [0.1, 0.15) is 15.9 Å². The number of carbonyl (C=O) groups is 1. The van der Waals surface area contributed by atoms with Crippen molar-refractivity contribution in [2.75, 3.05) is 7.11 Å². The highest BCUT2D eigenvalue weighted by molar-refractivity contribution is 9.10. The minimum absolute atomic E-state index is 0.122. The number of nitrogens with zero attached hydrogens (tertiary/aromatic N) is 3. The van der Waals surface area contributed by atoms with Crippen molar-refractivity contribution in [3.63, 3.8) is 0 Å². The van der Waals surface area contributed by atoms with E-state index < -0.39 is 11.7 Å². The molecule has 1 heterocycles. The summed E-state index contributed by atoms with van der Waals surface area (Å²) in [6, 6.07) is 11.6. The van der Waals surface area contributed by atoms with Crippen LogP contribution in [0.4, 0.5) is 4.39 Å². The molecule has 0 atom stereocenters. The Kier molecular flexibility index (Phi) is 6.73. The number of nitrogens with one attached hydrogen (secondary N) is 1. The monoisotopic (exact) mass is 478 g/mol. The van der Waals surface area contributed by atoms with Crippen molar-refractivity contribution in [2.24, 2.45) is 5.10 Å². The van der Waals surface area contributed by atoms with Gasteiger partial charge < -0.3 is 9.47 Å². The lowest BCUT2D eigenvalue weighted by atomic mass is 10.2. The number of hydrazone groups is 1. The van der Waals surface area contributed by atoms with Crippen LogP contribution in [0.3, 0.4) is 0 Å². The Morgan fingerprint density at radius 3 is 2.76 bits per heavy atom. The number of aromatic nitrogens is 2. The van der Waals surface area contributed by atoms with Gasteiger partial charge in [-0.25, -0.2) is 10.4 Å². The topological polar surface area (TPSA) is 85.7 Å². The molecule has 1 N–H and O–H groups in total. The molecule has 0 unspecified atom stereocenters. The molecule has 29 heavy (non-hydrogen) atoms. The van der Waals surface area contributed by atoms with Crippen LogP contribution >= 0.6 is 27.5 Å². The molecule has 0 aliphatic carbocycles. The third-order valence-electron chi connectivity index (χ3n) is 3.56. The summed E-state index contributed by atoms with van der Waals surface area (Å²) in [5, 5.41) is 3.81. The largest absolute Gasteiger partial charge is 0.496 e. The first-order valence-corrected chi connectivity index (χ1v) is 9.26. The summed E-state index contributed by atoms with van der Waals surface area (Å²) in [7, 11) is 1.48. The minimum atomic E-state index is -0.731. The van der Waals surface area contributed by atoms with E-state index in [1.807, 2.05) is 0 Å². The average molecular weight is 480 g/mol. The third kappa shape index (κ3) is 5.49. The molecule has 0 fully saturated rings.